The summed E-state index contributed by atoms with van der Waals surface area (Å²) in [5.74, 6) is 0.173. The summed E-state index contributed by atoms with van der Waals surface area (Å²) in [4.78, 5) is 0. The molecule has 0 bridgehead atoms. The van der Waals surface area contributed by atoms with Crippen LogP contribution in [-0.4, -0.2) is 10.2 Å². The molecule has 14 heavy (non-hydrogen) atoms. The zero-order valence-electron chi connectivity index (χ0n) is 8.58. The molecule has 0 radical (unpaired) electrons. The van der Waals surface area contributed by atoms with Crippen molar-refractivity contribution in [2.24, 2.45) is 5.41 Å². The molecule has 1 unspecified atom stereocenters. The van der Waals surface area contributed by atoms with E-state index in [0.717, 1.165) is 10.0 Å². The molecule has 1 aromatic rings. The molecule has 0 spiro atoms. The fraction of sp³-hybridized carbons (Fsp3) is 0.455. The van der Waals surface area contributed by atoms with E-state index >= 15 is 0 Å². The van der Waals surface area contributed by atoms with Gasteiger partial charge in [-0.25, -0.2) is 0 Å². The van der Waals surface area contributed by atoms with Crippen LogP contribution < -0.4 is 0 Å². The standard InChI is InChI=1S/C11H15BrO2/c1-11(2,3)10(14)8-6-7(13)4-5-9(8)12/h4-6,10,13-14H,1-3H3. The van der Waals surface area contributed by atoms with Crippen molar-refractivity contribution in [3.8, 4) is 5.75 Å². The second-order valence-electron chi connectivity index (χ2n) is 4.47. The number of halogens is 1. The van der Waals surface area contributed by atoms with Crippen molar-refractivity contribution < 1.29 is 10.2 Å². The predicted molar refractivity (Wildman–Crippen MR) is 60.2 cm³/mol. The Bertz CT molecular complexity index is 329. The maximum Gasteiger partial charge on any atom is 0.116 e. The predicted octanol–water partition coefficient (Wildman–Crippen LogP) is 3.23. The minimum Gasteiger partial charge on any atom is -0.508 e. The lowest BCUT2D eigenvalue weighted by molar-refractivity contribution is 0.0619. The van der Waals surface area contributed by atoms with E-state index in [1.165, 1.54) is 0 Å². The molecule has 2 N–H and O–H groups in total. The van der Waals surface area contributed by atoms with Crippen LogP contribution in [0.15, 0.2) is 22.7 Å². The average molecular weight is 259 g/mol. The Hall–Kier alpha value is -0.540. The van der Waals surface area contributed by atoms with Gasteiger partial charge in [-0.3, -0.25) is 0 Å². The summed E-state index contributed by atoms with van der Waals surface area (Å²) >= 11 is 3.35. The van der Waals surface area contributed by atoms with Crippen LogP contribution in [0.4, 0.5) is 0 Å². The molecule has 0 aliphatic heterocycles. The first-order chi connectivity index (χ1) is 6.32. The van der Waals surface area contributed by atoms with Gasteiger partial charge in [-0.1, -0.05) is 36.7 Å². The lowest BCUT2D eigenvalue weighted by atomic mass is 9.85. The minimum atomic E-state index is -0.594. The quantitative estimate of drug-likeness (QED) is 0.812. The number of phenols is 1. The molecule has 78 valence electrons. The zero-order chi connectivity index (χ0) is 10.9. The number of hydrogen-bond acceptors (Lipinski definition) is 2. The molecule has 3 heteroatoms. The van der Waals surface area contributed by atoms with Crippen molar-refractivity contribution in [2.75, 3.05) is 0 Å². The maximum atomic E-state index is 10.0. The molecular formula is C11H15BrO2. The second-order valence-corrected chi connectivity index (χ2v) is 5.33. The fourth-order valence-electron chi connectivity index (χ4n) is 1.21. The Labute approximate surface area is 92.7 Å². The Morgan fingerprint density at radius 3 is 2.36 bits per heavy atom. The molecule has 0 saturated carbocycles. The van der Waals surface area contributed by atoms with Gasteiger partial charge in [0, 0.05) is 4.47 Å². The van der Waals surface area contributed by atoms with Crippen LogP contribution >= 0.6 is 15.9 Å². The average Bonchev–Trinajstić information content (AvgIpc) is 2.06. The third-order valence-corrected chi connectivity index (χ3v) is 2.82. The summed E-state index contributed by atoms with van der Waals surface area (Å²) in [5, 5.41) is 19.3. The van der Waals surface area contributed by atoms with Crippen LogP contribution in [0.25, 0.3) is 0 Å². The van der Waals surface area contributed by atoms with E-state index in [0.29, 0.717) is 0 Å². The van der Waals surface area contributed by atoms with Crippen LogP contribution in [0.1, 0.15) is 32.4 Å². The zero-order valence-corrected chi connectivity index (χ0v) is 10.2. The van der Waals surface area contributed by atoms with Crippen molar-refractivity contribution in [3.05, 3.63) is 28.2 Å². The van der Waals surface area contributed by atoms with Crippen LogP contribution in [0.2, 0.25) is 0 Å². The molecule has 2 nitrogen and oxygen atoms in total. The fourth-order valence-corrected chi connectivity index (χ4v) is 1.67. The first-order valence-corrected chi connectivity index (χ1v) is 5.28. The molecule has 0 aliphatic carbocycles. The van der Waals surface area contributed by atoms with Gasteiger partial charge in [0.2, 0.25) is 0 Å². The molecule has 1 aromatic carbocycles. The van der Waals surface area contributed by atoms with E-state index in [-0.39, 0.29) is 11.2 Å². The Balaban J connectivity index is 3.12. The van der Waals surface area contributed by atoms with E-state index in [1.54, 1.807) is 18.2 Å². The lowest BCUT2D eigenvalue weighted by Gasteiger charge is -2.27. The topological polar surface area (TPSA) is 40.5 Å². The molecule has 0 heterocycles. The van der Waals surface area contributed by atoms with Gasteiger partial charge in [0.15, 0.2) is 0 Å². The van der Waals surface area contributed by atoms with Crippen molar-refractivity contribution in [2.45, 2.75) is 26.9 Å². The highest BCUT2D eigenvalue weighted by Crippen LogP contribution is 2.37. The summed E-state index contributed by atoms with van der Waals surface area (Å²) in [5.41, 5.74) is 0.480. The molecule has 0 saturated heterocycles. The van der Waals surface area contributed by atoms with Crippen LogP contribution in [0.5, 0.6) is 5.75 Å². The summed E-state index contributed by atoms with van der Waals surface area (Å²) in [6.07, 6.45) is -0.594. The van der Waals surface area contributed by atoms with Gasteiger partial charge >= 0.3 is 0 Å². The van der Waals surface area contributed by atoms with Crippen LogP contribution in [-0.2, 0) is 0 Å². The third-order valence-electron chi connectivity index (χ3n) is 2.09. The van der Waals surface area contributed by atoms with Gasteiger partial charge < -0.3 is 10.2 Å². The molecule has 1 rings (SSSR count). The Morgan fingerprint density at radius 1 is 1.29 bits per heavy atom. The van der Waals surface area contributed by atoms with Gasteiger partial charge in [-0.05, 0) is 29.2 Å². The summed E-state index contributed by atoms with van der Waals surface area (Å²) in [7, 11) is 0. The summed E-state index contributed by atoms with van der Waals surface area (Å²) < 4.78 is 0.817. The first kappa shape index (κ1) is 11.5. The van der Waals surface area contributed by atoms with Crippen LogP contribution in [0.3, 0.4) is 0 Å². The van der Waals surface area contributed by atoms with E-state index in [2.05, 4.69) is 15.9 Å². The van der Waals surface area contributed by atoms with Gasteiger partial charge in [-0.2, -0.15) is 0 Å². The first-order valence-electron chi connectivity index (χ1n) is 4.49. The summed E-state index contributed by atoms with van der Waals surface area (Å²) in [6.45, 7) is 5.86. The van der Waals surface area contributed by atoms with Crippen molar-refractivity contribution in [3.63, 3.8) is 0 Å². The molecule has 0 aromatic heterocycles. The van der Waals surface area contributed by atoms with E-state index in [1.807, 2.05) is 20.8 Å². The van der Waals surface area contributed by atoms with E-state index in [4.69, 9.17) is 0 Å². The number of phenolic OH excluding ortho intramolecular Hbond substituents is 1. The number of aliphatic hydroxyl groups excluding tert-OH is 1. The number of benzene rings is 1. The second kappa shape index (κ2) is 3.91. The highest BCUT2D eigenvalue weighted by atomic mass is 79.9. The monoisotopic (exact) mass is 258 g/mol. The Morgan fingerprint density at radius 2 is 1.86 bits per heavy atom. The molecular weight excluding hydrogens is 244 g/mol. The van der Waals surface area contributed by atoms with Crippen molar-refractivity contribution in [1.82, 2.24) is 0 Å². The largest absolute Gasteiger partial charge is 0.508 e. The normalized spacial score (nSPS) is 14.1. The van der Waals surface area contributed by atoms with Crippen LogP contribution in [0, 0.1) is 5.41 Å². The molecule has 0 fully saturated rings. The number of aliphatic hydroxyl groups is 1. The van der Waals surface area contributed by atoms with Gasteiger partial charge in [0.1, 0.15) is 5.75 Å². The molecule has 1 atom stereocenters. The minimum absolute atomic E-state index is 0.173. The Kier molecular flexibility index (Phi) is 3.22. The number of rotatable bonds is 1. The van der Waals surface area contributed by atoms with Crippen molar-refractivity contribution >= 4 is 15.9 Å². The molecule has 0 aliphatic rings. The van der Waals surface area contributed by atoms with Gasteiger partial charge in [0.05, 0.1) is 6.10 Å². The van der Waals surface area contributed by atoms with E-state index < -0.39 is 6.10 Å². The van der Waals surface area contributed by atoms with E-state index in [9.17, 15) is 10.2 Å². The van der Waals surface area contributed by atoms with Crippen molar-refractivity contribution in [1.29, 1.82) is 0 Å². The smallest absolute Gasteiger partial charge is 0.116 e. The SMILES string of the molecule is CC(C)(C)C(O)c1cc(O)ccc1Br. The molecule has 0 amide bonds. The summed E-state index contributed by atoms with van der Waals surface area (Å²) in [6, 6.07) is 4.91. The number of hydrogen-bond donors (Lipinski definition) is 2. The third kappa shape index (κ3) is 2.49. The highest BCUT2D eigenvalue weighted by Gasteiger charge is 2.25. The number of aromatic hydroxyl groups is 1. The maximum absolute atomic E-state index is 10.0. The lowest BCUT2D eigenvalue weighted by Crippen LogP contribution is -2.18. The highest BCUT2D eigenvalue weighted by molar-refractivity contribution is 9.10. The van der Waals surface area contributed by atoms with Gasteiger partial charge in [-0.15, -0.1) is 0 Å². The van der Waals surface area contributed by atoms with Gasteiger partial charge in [0.25, 0.3) is 0 Å².